The fourth-order valence-electron chi connectivity index (χ4n) is 2.75. The number of nitrogens with one attached hydrogen (secondary N) is 2. The summed E-state index contributed by atoms with van der Waals surface area (Å²) in [6.45, 7) is 1.69. The minimum Gasteiger partial charge on any atom is -0.327 e. The van der Waals surface area contributed by atoms with E-state index in [0.717, 1.165) is 5.56 Å². The van der Waals surface area contributed by atoms with Crippen LogP contribution in [-0.2, 0) is 0 Å². The van der Waals surface area contributed by atoms with Crippen LogP contribution >= 0.6 is 11.6 Å². The zero-order valence-corrected chi connectivity index (χ0v) is 14.1. The highest BCUT2D eigenvalue weighted by molar-refractivity contribution is 6.30. The van der Waals surface area contributed by atoms with Crippen molar-refractivity contribution in [2.45, 2.75) is 13.0 Å². The van der Waals surface area contributed by atoms with Crippen molar-refractivity contribution < 1.29 is 9.59 Å². The first kappa shape index (κ1) is 16.7. The number of ketones is 1. The van der Waals surface area contributed by atoms with Gasteiger partial charge in [0.05, 0.1) is 17.7 Å². The number of nitrogens with zero attached hydrogens (tertiary/aromatic N) is 1. The summed E-state index contributed by atoms with van der Waals surface area (Å²) in [6.07, 6.45) is 0. The molecular weight excluding hydrogens is 338 g/mol. The summed E-state index contributed by atoms with van der Waals surface area (Å²) in [5.74, 6) is -0.198. The van der Waals surface area contributed by atoms with Gasteiger partial charge < -0.3 is 10.6 Å². The van der Waals surface area contributed by atoms with Gasteiger partial charge in [0, 0.05) is 21.9 Å². The number of rotatable bonds is 3. The van der Waals surface area contributed by atoms with E-state index in [-0.39, 0.29) is 11.8 Å². The van der Waals surface area contributed by atoms with E-state index in [1.54, 1.807) is 55.5 Å². The predicted molar refractivity (Wildman–Crippen MR) is 94.0 cm³/mol. The maximum atomic E-state index is 13.0. The summed E-state index contributed by atoms with van der Waals surface area (Å²) in [5.41, 5.74) is 2.67. The van der Waals surface area contributed by atoms with Crippen LogP contribution in [-0.4, -0.2) is 11.8 Å². The number of hydrogen-bond donors (Lipinski definition) is 2. The Labute approximate surface area is 149 Å². The molecule has 2 N–H and O–H groups in total. The van der Waals surface area contributed by atoms with Crippen LogP contribution in [0.2, 0.25) is 5.02 Å². The van der Waals surface area contributed by atoms with Gasteiger partial charge in [0.15, 0.2) is 5.78 Å². The number of urea groups is 1. The normalized spacial score (nSPS) is 16.7. The third-order valence-electron chi connectivity index (χ3n) is 3.99. The minimum atomic E-state index is -0.593. The Morgan fingerprint density at radius 1 is 1.12 bits per heavy atom. The molecule has 5 nitrogen and oxygen atoms in total. The molecule has 0 spiro atoms. The van der Waals surface area contributed by atoms with Gasteiger partial charge in [-0.3, -0.25) is 4.79 Å². The van der Waals surface area contributed by atoms with Gasteiger partial charge >= 0.3 is 6.03 Å². The molecule has 0 fully saturated rings. The molecule has 0 aromatic heterocycles. The van der Waals surface area contributed by atoms with E-state index in [1.807, 2.05) is 6.07 Å². The second-order valence-electron chi connectivity index (χ2n) is 5.64. The highest BCUT2D eigenvalue weighted by Crippen LogP contribution is 2.29. The van der Waals surface area contributed by atoms with E-state index < -0.39 is 6.04 Å². The van der Waals surface area contributed by atoms with Gasteiger partial charge in [-0.2, -0.15) is 5.26 Å². The van der Waals surface area contributed by atoms with E-state index in [4.69, 9.17) is 16.9 Å². The molecule has 2 amide bonds. The topological polar surface area (TPSA) is 82.0 Å². The average Bonchev–Trinajstić information content (AvgIpc) is 2.61. The standard InChI is InChI=1S/C19H14ClN3O2/c1-11-16(18(24)14-6-8-15(20)9-7-14)17(23-19(25)22-11)13-4-2-12(10-21)3-5-13/h2-9,17H,1H3,(H2,22,23,25)/t17-/m1/s1. The number of hydrogen-bond acceptors (Lipinski definition) is 3. The number of nitriles is 1. The van der Waals surface area contributed by atoms with Gasteiger partial charge in [0.2, 0.25) is 0 Å². The highest BCUT2D eigenvalue weighted by Gasteiger charge is 2.31. The van der Waals surface area contributed by atoms with Gasteiger partial charge in [-0.1, -0.05) is 23.7 Å². The van der Waals surface area contributed by atoms with Gasteiger partial charge in [-0.25, -0.2) is 4.79 Å². The van der Waals surface area contributed by atoms with Crippen molar-refractivity contribution in [2.75, 3.05) is 0 Å². The van der Waals surface area contributed by atoms with Crippen molar-refractivity contribution in [1.29, 1.82) is 5.26 Å². The van der Waals surface area contributed by atoms with Crippen molar-refractivity contribution in [1.82, 2.24) is 10.6 Å². The van der Waals surface area contributed by atoms with Crippen molar-refractivity contribution in [3.05, 3.63) is 81.5 Å². The van der Waals surface area contributed by atoms with Crippen LogP contribution < -0.4 is 10.6 Å². The fraction of sp³-hybridized carbons (Fsp3) is 0.105. The molecule has 1 heterocycles. The lowest BCUT2D eigenvalue weighted by molar-refractivity contribution is 0.102. The Morgan fingerprint density at radius 2 is 1.76 bits per heavy atom. The smallest absolute Gasteiger partial charge is 0.319 e. The zero-order chi connectivity index (χ0) is 18.0. The largest absolute Gasteiger partial charge is 0.327 e. The number of allylic oxidation sites excluding steroid dienone is 1. The molecule has 0 unspecified atom stereocenters. The quantitative estimate of drug-likeness (QED) is 0.827. The maximum Gasteiger partial charge on any atom is 0.319 e. The summed E-state index contributed by atoms with van der Waals surface area (Å²) < 4.78 is 0. The molecule has 25 heavy (non-hydrogen) atoms. The Bertz CT molecular complexity index is 909. The van der Waals surface area contributed by atoms with E-state index in [2.05, 4.69) is 10.6 Å². The Balaban J connectivity index is 2.04. The molecule has 124 valence electrons. The van der Waals surface area contributed by atoms with E-state index in [9.17, 15) is 9.59 Å². The third-order valence-corrected chi connectivity index (χ3v) is 4.25. The van der Waals surface area contributed by atoms with E-state index in [0.29, 0.717) is 27.4 Å². The molecule has 0 aliphatic carbocycles. The number of carbonyl (C=O) groups excluding carboxylic acids is 2. The molecule has 1 atom stereocenters. The Hall–Kier alpha value is -3.10. The van der Waals surface area contributed by atoms with Gasteiger partial charge in [-0.15, -0.1) is 0 Å². The van der Waals surface area contributed by atoms with Crippen LogP contribution in [0.25, 0.3) is 0 Å². The van der Waals surface area contributed by atoms with Crippen molar-refractivity contribution in [3.8, 4) is 6.07 Å². The second kappa shape index (κ2) is 6.80. The first-order valence-electron chi connectivity index (χ1n) is 7.58. The molecule has 2 aromatic carbocycles. The third kappa shape index (κ3) is 3.39. The van der Waals surface area contributed by atoms with Crippen molar-refractivity contribution >= 4 is 23.4 Å². The first-order valence-corrected chi connectivity index (χ1v) is 7.96. The molecule has 1 aliphatic heterocycles. The van der Waals surface area contributed by atoms with Gasteiger partial charge in [0.1, 0.15) is 0 Å². The summed E-state index contributed by atoms with van der Waals surface area (Å²) in [7, 11) is 0. The summed E-state index contributed by atoms with van der Waals surface area (Å²) in [6, 6.07) is 14.5. The van der Waals surface area contributed by atoms with E-state index >= 15 is 0 Å². The van der Waals surface area contributed by atoms with Gasteiger partial charge in [-0.05, 0) is 48.9 Å². The van der Waals surface area contributed by atoms with Crippen LogP contribution in [0, 0.1) is 11.3 Å². The van der Waals surface area contributed by atoms with Crippen molar-refractivity contribution in [3.63, 3.8) is 0 Å². The van der Waals surface area contributed by atoms with E-state index in [1.165, 1.54) is 0 Å². The highest BCUT2D eigenvalue weighted by atomic mass is 35.5. The molecule has 2 aromatic rings. The molecule has 0 saturated carbocycles. The average molecular weight is 352 g/mol. The van der Waals surface area contributed by atoms with Crippen LogP contribution in [0.5, 0.6) is 0 Å². The minimum absolute atomic E-state index is 0.198. The van der Waals surface area contributed by atoms with Crippen LogP contribution in [0.3, 0.4) is 0 Å². The summed E-state index contributed by atoms with van der Waals surface area (Å²) in [5, 5.41) is 14.9. The van der Waals surface area contributed by atoms with Gasteiger partial charge in [0.25, 0.3) is 0 Å². The molecule has 0 saturated heterocycles. The lowest BCUT2D eigenvalue weighted by Crippen LogP contribution is -2.45. The summed E-state index contributed by atoms with van der Waals surface area (Å²) >= 11 is 5.88. The molecular formula is C19H14ClN3O2. The fourth-order valence-corrected chi connectivity index (χ4v) is 2.88. The first-order chi connectivity index (χ1) is 12.0. The maximum absolute atomic E-state index is 13.0. The summed E-state index contributed by atoms with van der Waals surface area (Å²) in [4.78, 5) is 24.9. The second-order valence-corrected chi connectivity index (χ2v) is 6.08. The van der Waals surface area contributed by atoms with Crippen LogP contribution in [0.15, 0.2) is 59.8 Å². The SMILES string of the molecule is CC1=C(C(=O)c2ccc(Cl)cc2)[C@@H](c2ccc(C#N)cc2)NC(=O)N1. The zero-order valence-electron chi connectivity index (χ0n) is 13.3. The molecule has 0 radical (unpaired) electrons. The lowest BCUT2D eigenvalue weighted by Gasteiger charge is -2.28. The lowest BCUT2D eigenvalue weighted by atomic mass is 9.89. The molecule has 0 bridgehead atoms. The number of carbonyl (C=O) groups is 2. The number of amides is 2. The monoisotopic (exact) mass is 351 g/mol. The Morgan fingerprint density at radius 3 is 2.36 bits per heavy atom. The predicted octanol–water partition coefficient (Wildman–Crippen LogP) is 3.72. The van der Waals surface area contributed by atoms with Crippen LogP contribution in [0.4, 0.5) is 4.79 Å². The molecule has 6 heteroatoms. The Kier molecular flexibility index (Phi) is 4.55. The number of Topliss-reactive ketones (excluding diaryl/α,β-unsaturated/α-hetero) is 1. The van der Waals surface area contributed by atoms with Crippen molar-refractivity contribution in [2.24, 2.45) is 0 Å². The molecule has 1 aliphatic rings. The van der Waals surface area contributed by atoms with Crippen LogP contribution in [0.1, 0.15) is 34.5 Å². The molecule has 3 rings (SSSR count). The number of halogens is 1. The number of benzene rings is 2.